The number of hydrogen-bond acceptors (Lipinski definition) is 2. The summed E-state index contributed by atoms with van der Waals surface area (Å²) < 4.78 is 1.05. The van der Waals surface area contributed by atoms with Crippen LogP contribution in [0.1, 0.15) is 5.56 Å². The van der Waals surface area contributed by atoms with Crippen LogP contribution in [-0.4, -0.2) is 36.2 Å². The molecule has 0 aromatic heterocycles. The highest BCUT2D eigenvalue weighted by Gasteiger charge is 2.20. The van der Waals surface area contributed by atoms with E-state index in [1.165, 1.54) is 11.3 Å². The first kappa shape index (κ1) is 16.3. The van der Waals surface area contributed by atoms with Crippen LogP contribution < -0.4 is 10.2 Å². The standard InChI is InChI=1S/C18H20BrN3S/c1-14-5-2-3-8-17(14)21-9-11-22(12-10-21)18(23)20-16-7-4-6-15(19)13-16/h2-8,13H,9-12H2,1H3,(H,20,23). The number of nitrogens with zero attached hydrogens (tertiary/aromatic N) is 2. The molecule has 0 saturated carbocycles. The van der Waals surface area contributed by atoms with Crippen LogP contribution in [0.3, 0.4) is 0 Å². The Morgan fingerprint density at radius 1 is 1.04 bits per heavy atom. The molecule has 3 nitrogen and oxygen atoms in total. The SMILES string of the molecule is Cc1ccccc1N1CCN(C(=S)Nc2cccc(Br)c2)CC1. The molecule has 0 aliphatic carbocycles. The van der Waals surface area contributed by atoms with Crippen LogP contribution in [0.4, 0.5) is 11.4 Å². The van der Waals surface area contributed by atoms with Crippen LogP contribution in [0.2, 0.25) is 0 Å². The molecule has 1 N–H and O–H groups in total. The van der Waals surface area contributed by atoms with E-state index in [0.29, 0.717) is 0 Å². The number of para-hydroxylation sites is 1. The van der Waals surface area contributed by atoms with Gasteiger partial charge >= 0.3 is 0 Å². The van der Waals surface area contributed by atoms with Gasteiger partial charge in [0.05, 0.1) is 0 Å². The fraction of sp³-hybridized carbons (Fsp3) is 0.278. The molecule has 0 bridgehead atoms. The van der Waals surface area contributed by atoms with E-state index in [1.807, 2.05) is 24.3 Å². The van der Waals surface area contributed by atoms with Crippen molar-refractivity contribution in [2.45, 2.75) is 6.92 Å². The van der Waals surface area contributed by atoms with Crippen molar-refractivity contribution in [3.63, 3.8) is 0 Å². The zero-order chi connectivity index (χ0) is 16.2. The van der Waals surface area contributed by atoms with Crippen LogP contribution in [0, 0.1) is 6.92 Å². The minimum absolute atomic E-state index is 0.799. The fourth-order valence-corrected chi connectivity index (χ4v) is 3.54. The van der Waals surface area contributed by atoms with Crippen LogP contribution in [0.5, 0.6) is 0 Å². The number of rotatable bonds is 2. The number of halogens is 1. The first-order valence-corrected chi connectivity index (χ1v) is 8.96. The van der Waals surface area contributed by atoms with Crippen molar-refractivity contribution in [2.24, 2.45) is 0 Å². The van der Waals surface area contributed by atoms with Gasteiger partial charge < -0.3 is 15.1 Å². The van der Waals surface area contributed by atoms with E-state index in [1.54, 1.807) is 0 Å². The predicted molar refractivity (Wildman–Crippen MR) is 105 cm³/mol. The van der Waals surface area contributed by atoms with Crippen molar-refractivity contribution in [1.82, 2.24) is 4.90 Å². The number of anilines is 2. The number of piperazine rings is 1. The summed E-state index contributed by atoms with van der Waals surface area (Å²) in [5.74, 6) is 0. The number of aryl methyl sites for hydroxylation is 1. The highest BCUT2D eigenvalue weighted by atomic mass is 79.9. The van der Waals surface area contributed by atoms with E-state index in [0.717, 1.165) is 41.5 Å². The Hall–Kier alpha value is -1.59. The van der Waals surface area contributed by atoms with Crippen molar-refractivity contribution in [3.05, 3.63) is 58.6 Å². The summed E-state index contributed by atoms with van der Waals surface area (Å²) >= 11 is 9.05. The van der Waals surface area contributed by atoms with Gasteiger partial charge in [-0.2, -0.15) is 0 Å². The Balaban J connectivity index is 1.58. The van der Waals surface area contributed by atoms with Crippen LogP contribution in [0.15, 0.2) is 53.0 Å². The molecule has 2 aromatic rings. The van der Waals surface area contributed by atoms with E-state index in [2.05, 4.69) is 62.2 Å². The lowest BCUT2D eigenvalue weighted by Crippen LogP contribution is -2.50. The highest BCUT2D eigenvalue weighted by Crippen LogP contribution is 2.21. The maximum atomic E-state index is 5.56. The van der Waals surface area contributed by atoms with E-state index < -0.39 is 0 Å². The molecule has 1 fully saturated rings. The Labute approximate surface area is 151 Å². The number of nitrogens with one attached hydrogen (secondary N) is 1. The Morgan fingerprint density at radius 2 is 1.78 bits per heavy atom. The number of thiocarbonyl (C=S) groups is 1. The summed E-state index contributed by atoms with van der Waals surface area (Å²) in [5.41, 5.74) is 3.68. The van der Waals surface area contributed by atoms with Crippen molar-refractivity contribution in [2.75, 3.05) is 36.4 Å². The lowest BCUT2D eigenvalue weighted by atomic mass is 10.1. The molecule has 0 unspecified atom stereocenters. The Bertz CT molecular complexity index is 696. The van der Waals surface area contributed by atoms with E-state index in [4.69, 9.17) is 12.2 Å². The number of benzene rings is 2. The van der Waals surface area contributed by atoms with Gasteiger partial charge in [-0.1, -0.05) is 40.2 Å². The van der Waals surface area contributed by atoms with E-state index in [-0.39, 0.29) is 0 Å². The van der Waals surface area contributed by atoms with Gasteiger partial charge in [0.15, 0.2) is 5.11 Å². The van der Waals surface area contributed by atoms with Crippen molar-refractivity contribution >= 4 is 44.6 Å². The van der Waals surface area contributed by atoms with E-state index >= 15 is 0 Å². The first-order valence-electron chi connectivity index (χ1n) is 7.75. The first-order chi connectivity index (χ1) is 11.1. The van der Waals surface area contributed by atoms with Gasteiger partial charge in [0.2, 0.25) is 0 Å². The average molecular weight is 390 g/mol. The molecule has 5 heteroatoms. The average Bonchev–Trinajstić information content (AvgIpc) is 2.55. The summed E-state index contributed by atoms with van der Waals surface area (Å²) in [4.78, 5) is 4.68. The van der Waals surface area contributed by atoms with E-state index in [9.17, 15) is 0 Å². The van der Waals surface area contributed by atoms with Gasteiger partial charge in [-0.25, -0.2) is 0 Å². The van der Waals surface area contributed by atoms with Gasteiger partial charge in [-0.3, -0.25) is 0 Å². The molecule has 1 heterocycles. The van der Waals surface area contributed by atoms with Gasteiger partial charge in [-0.15, -0.1) is 0 Å². The second kappa shape index (κ2) is 7.32. The second-order valence-corrected chi connectivity index (χ2v) is 7.00. The third-order valence-corrected chi connectivity index (χ3v) is 4.95. The molecule has 1 aliphatic rings. The molecule has 1 aliphatic heterocycles. The molecular formula is C18H20BrN3S. The molecule has 23 heavy (non-hydrogen) atoms. The predicted octanol–water partition coefficient (Wildman–Crippen LogP) is 4.28. The minimum Gasteiger partial charge on any atom is -0.368 e. The zero-order valence-electron chi connectivity index (χ0n) is 13.1. The van der Waals surface area contributed by atoms with Crippen LogP contribution >= 0.6 is 28.1 Å². The summed E-state index contributed by atoms with van der Waals surface area (Å²) in [6.07, 6.45) is 0. The largest absolute Gasteiger partial charge is 0.368 e. The third-order valence-electron chi connectivity index (χ3n) is 4.10. The molecule has 0 atom stereocenters. The van der Waals surface area contributed by atoms with Crippen LogP contribution in [0.25, 0.3) is 0 Å². The summed E-state index contributed by atoms with van der Waals surface area (Å²) in [7, 11) is 0. The van der Waals surface area contributed by atoms with Crippen molar-refractivity contribution in [3.8, 4) is 0 Å². The number of hydrogen-bond donors (Lipinski definition) is 1. The maximum Gasteiger partial charge on any atom is 0.173 e. The third kappa shape index (κ3) is 4.03. The van der Waals surface area contributed by atoms with Gasteiger partial charge in [0, 0.05) is 42.0 Å². The quantitative estimate of drug-likeness (QED) is 0.772. The van der Waals surface area contributed by atoms with Gasteiger partial charge in [0.1, 0.15) is 0 Å². The lowest BCUT2D eigenvalue weighted by molar-refractivity contribution is 0.390. The molecule has 120 valence electrons. The van der Waals surface area contributed by atoms with Gasteiger partial charge in [0.25, 0.3) is 0 Å². The maximum absolute atomic E-state index is 5.56. The molecule has 2 aromatic carbocycles. The minimum atomic E-state index is 0.799. The molecule has 0 spiro atoms. The monoisotopic (exact) mass is 389 g/mol. The molecular weight excluding hydrogens is 370 g/mol. The fourth-order valence-electron chi connectivity index (χ4n) is 2.84. The highest BCUT2D eigenvalue weighted by molar-refractivity contribution is 9.10. The molecule has 0 radical (unpaired) electrons. The molecule has 0 amide bonds. The Morgan fingerprint density at radius 3 is 2.48 bits per heavy atom. The molecule has 1 saturated heterocycles. The van der Waals surface area contributed by atoms with Crippen LogP contribution in [-0.2, 0) is 0 Å². The second-order valence-electron chi connectivity index (χ2n) is 5.70. The normalized spacial score (nSPS) is 14.7. The smallest absolute Gasteiger partial charge is 0.173 e. The topological polar surface area (TPSA) is 18.5 Å². The zero-order valence-corrected chi connectivity index (χ0v) is 15.5. The molecule has 3 rings (SSSR count). The van der Waals surface area contributed by atoms with Gasteiger partial charge in [-0.05, 0) is 49.0 Å². The summed E-state index contributed by atoms with van der Waals surface area (Å²) in [6.45, 7) is 6.03. The lowest BCUT2D eigenvalue weighted by Gasteiger charge is -2.38. The Kier molecular flexibility index (Phi) is 5.18. The summed E-state index contributed by atoms with van der Waals surface area (Å²) in [6, 6.07) is 16.6. The van der Waals surface area contributed by atoms with Crippen molar-refractivity contribution in [1.29, 1.82) is 0 Å². The van der Waals surface area contributed by atoms with Crippen molar-refractivity contribution < 1.29 is 0 Å². The summed E-state index contributed by atoms with van der Waals surface area (Å²) in [5, 5.41) is 4.13.